The van der Waals surface area contributed by atoms with Crippen molar-refractivity contribution in [2.45, 2.75) is 33.0 Å². The Bertz CT molecular complexity index is 880. The Morgan fingerprint density at radius 1 is 1.19 bits per heavy atom. The SMILES string of the molecule is COc1ccc(C(C)NCc2csc(COc3ccc(C)cc3)n2)cc1Br. The molecule has 0 aliphatic heterocycles. The number of thiazole rings is 1. The highest BCUT2D eigenvalue weighted by Crippen LogP contribution is 2.28. The first-order valence-corrected chi connectivity index (χ1v) is 10.4. The second-order valence-corrected chi connectivity index (χ2v) is 8.13. The van der Waals surface area contributed by atoms with Gasteiger partial charge in [0.15, 0.2) is 0 Å². The van der Waals surface area contributed by atoms with Gasteiger partial charge in [0.2, 0.25) is 0 Å². The van der Waals surface area contributed by atoms with E-state index >= 15 is 0 Å². The van der Waals surface area contributed by atoms with Gasteiger partial charge < -0.3 is 14.8 Å². The van der Waals surface area contributed by atoms with Gasteiger partial charge in [-0.05, 0) is 59.6 Å². The molecule has 0 spiro atoms. The van der Waals surface area contributed by atoms with E-state index in [1.54, 1.807) is 18.4 Å². The van der Waals surface area contributed by atoms with E-state index in [0.717, 1.165) is 26.7 Å². The summed E-state index contributed by atoms with van der Waals surface area (Å²) in [6.45, 7) is 5.41. The van der Waals surface area contributed by atoms with E-state index in [-0.39, 0.29) is 6.04 Å². The van der Waals surface area contributed by atoms with Crippen LogP contribution in [0.2, 0.25) is 0 Å². The molecule has 0 bridgehead atoms. The summed E-state index contributed by atoms with van der Waals surface area (Å²) in [5, 5.41) is 6.57. The molecule has 1 N–H and O–H groups in total. The highest BCUT2D eigenvalue weighted by atomic mass is 79.9. The van der Waals surface area contributed by atoms with E-state index in [2.05, 4.69) is 57.6 Å². The molecule has 0 radical (unpaired) electrons. The Morgan fingerprint density at radius 3 is 2.67 bits per heavy atom. The number of ether oxygens (including phenoxy) is 2. The summed E-state index contributed by atoms with van der Waals surface area (Å²) >= 11 is 5.16. The molecule has 142 valence electrons. The molecule has 27 heavy (non-hydrogen) atoms. The number of aryl methyl sites for hydroxylation is 1. The Kier molecular flexibility index (Phi) is 6.88. The number of hydrogen-bond acceptors (Lipinski definition) is 5. The van der Waals surface area contributed by atoms with Crippen LogP contribution in [0.15, 0.2) is 52.3 Å². The predicted octanol–water partition coefficient (Wildman–Crippen LogP) is 5.65. The van der Waals surface area contributed by atoms with Gasteiger partial charge in [-0.15, -0.1) is 11.3 Å². The van der Waals surface area contributed by atoms with Crippen LogP contribution in [0.5, 0.6) is 11.5 Å². The molecule has 6 heteroatoms. The van der Waals surface area contributed by atoms with Crippen molar-refractivity contribution in [3.8, 4) is 11.5 Å². The van der Waals surface area contributed by atoms with Gasteiger partial charge in [-0.25, -0.2) is 4.98 Å². The van der Waals surface area contributed by atoms with Crippen molar-refractivity contribution >= 4 is 27.3 Å². The van der Waals surface area contributed by atoms with Crippen molar-refractivity contribution in [3.63, 3.8) is 0 Å². The van der Waals surface area contributed by atoms with Crippen LogP contribution in [-0.4, -0.2) is 12.1 Å². The lowest BCUT2D eigenvalue weighted by molar-refractivity contribution is 0.305. The first kappa shape index (κ1) is 19.9. The lowest BCUT2D eigenvalue weighted by atomic mass is 10.1. The van der Waals surface area contributed by atoms with Crippen molar-refractivity contribution < 1.29 is 9.47 Å². The second kappa shape index (κ2) is 9.35. The summed E-state index contributed by atoms with van der Waals surface area (Å²) in [5.41, 5.74) is 3.45. The zero-order valence-corrected chi connectivity index (χ0v) is 18.1. The molecule has 1 atom stereocenters. The largest absolute Gasteiger partial charge is 0.496 e. The zero-order chi connectivity index (χ0) is 19.2. The molecule has 0 fully saturated rings. The van der Waals surface area contributed by atoms with Gasteiger partial charge in [0.25, 0.3) is 0 Å². The maximum Gasteiger partial charge on any atom is 0.140 e. The Balaban J connectivity index is 1.51. The molecule has 1 unspecified atom stereocenters. The van der Waals surface area contributed by atoms with E-state index in [9.17, 15) is 0 Å². The predicted molar refractivity (Wildman–Crippen MR) is 114 cm³/mol. The van der Waals surface area contributed by atoms with Crippen LogP contribution in [0, 0.1) is 6.92 Å². The number of benzene rings is 2. The fourth-order valence-corrected chi connectivity index (χ4v) is 3.87. The number of halogens is 1. The summed E-state index contributed by atoms with van der Waals surface area (Å²) < 4.78 is 12.0. The fourth-order valence-electron chi connectivity index (χ4n) is 2.60. The zero-order valence-electron chi connectivity index (χ0n) is 15.7. The van der Waals surface area contributed by atoms with Crippen LogP contribution >= 0.6 is 27.3 Å². The van der Waals surface area contributed by atoms with Gasteiger partial charge in [-0.3, -0.25) is 0 Å². The van der Waals surface area contributed by atoms with Crippen LogP contribution in [-0.2, 0) is 13.2 Å². The minimum Gasteiger partial charge on any atom is -0.496 e. The number of methoxy groups -OCH3 is 1. The number of rotatable bonds is 8. The normalized spacial score (nSPS) is 12.0. The molecule has 0 amide bonds. The Morgan fingerprint density at radius 2 is 1.96 bits per heavy atom. The molecule has 0 saturated carbocycles. The van der Waals surface area contributed by atoms with Gasteiger partial charge in [0.1, 0.15) is 23.1 Å². The van der Waals surface area contributed by atoms with Crippen molar-refractivity contribution in [3.05, 3.63) is 74.1 Å². The molecule has 3 aromatic rings. The molecule has 2 aromatic carbocycles. The number of hydrogen-bond donors (Lipinski definition) is 1. The average molecular weight is 447 g/mol. The number of nitrogens with one attached hydrogen (secondary N) is 1. The summed E-state index contributed by atoms with van der Waals surface area (Å²) in [6.07, 6.45) is 0. The third-order valence-corrected chi connectivity index (χ3v) is 5.74. The first-order chi connectivity index (χ1) is 13.0. The van der Waals surface area contributed by atoms with E-state index in [1.165, 1.54) is 11.1 Å². The van der Waals surface area contributed by atoms with Gasteiger partial charge in [0, 0.05) is 18.0 Å². The lowest BCUT2D eigenvalue weighted by Crippen LogP contribution is -2.18. The van der Waals surface area contributed by atoms with E-state index in [0.29, 0.717) is 13.2 Å². The summed E-state index contributed by atoms with van der Waals surface area (Å²) in [4.78, 5) is 4.66. The minimum atomic E-state index is 0.209. The quantitative estimate of drug-likeness (QED) is 0.485. The average Bonchev–Trinajstić information content (AvgIpc) is 3.13. The molecular weight excluding hydrogens is 424 g/mol. The summed E-state index contributed by atoms with van der Waals surface area (Å²) in [6, 6.07) is 14.4. The summed E-state index contributed by atoms with van der Waals surface area (Å²) in [7, 11) is 1.67. The molecule has 1 aromatic heterocycles. The standard InChI is InChI=1S/C21H23BrN2O2S/c1-14-4-7-18(8-5-14)26-12-21-24-17(13-27-21)11-23-15(2)16-6-9-20(25-3)19(22)10-16/h4-10,13,15,23H,11-12H2,1-3H3. The molecule has 4 nitrogen and oxygen atoms in total. The maximum absolute atomic E-state index is 5.80. The van der Waals surface area contributed by atoms with Crippen molar-refractivity contribution in [2.24, 2.45) is 0 Å². The van der Waals surface area contributed by atoms with Crippen molar-refractivity contribution in [2.75, 3.05) is 7.11 Å². The number of aromatic nitrogens is 1. The van der Waals surface area contributed by atoms with Crippen LogP contribution < -0.4 is 14.8 Å². The van der Waals surface area contributed by atoms with E-state index in [4.69, 9.17) is 9.47 Å². The van der Waals surface area contributed by atoms with Gasteiger partial charge in [-0.2, -0.15) is 0 Å². The topological polar surface area (TPSA) is 43.4 Å². The van der Waals surface area contributed by atoms with Crippen LogP contribution in [0.4, 0.5) is 0 Å². The smallest absolute Gasteiger partial charge is 0.140 e. The van der Waals surface area contributed by atoms with Gasteiger partial charge in [-0.1, -0.05) is 23.8 Å². The Labute approximate surface area is 172 Å². The first-order valence-electron chi connectivity index (χ1n) is 8.74. The molecule has 0 aliphatic rings. The highest BCUT2D eigenvalue weighted by molar-refractivity contribution is 9.10. The molecule has 0 aliphatic carbocycles. The minimum absolute atomic E-state index is 0.209. The monoisotopic (exact) mass is 446 g/mol. The van der Waals surface area contributed by atoms with E-state index in [1.807, 2.05) is 30.3 Å². The Hall–Kier alpha value is -1.89. The van der Waals surface area contributed by atoms with Crippen molar-refractivity contribution in [1.29, 1.82) is 0 Å². The third kappa shape index (κ3) is 5.54. The van der Waals surface area contributed by atoms with Gasteiger partial charge in [0.05, 0.1) is 17.3 Å². The van der Waals surface area contributed by atoms with Crippen LogP contribution in [0.3, 0.4) is 0 Å². The fraction of sp³-hybridized carbons (Fsp3) is 0.286. The molecule has 3 rings (SSSR count). The maximum atomic E-state index is 5.80. The molecule has 0 saturated heterocycles. The summed E-state index contributed by atoms with van der Waals surface area (Å²) in [5.74, 6) is 1.71. The number of nitrogens with zero attached hydrogens (tertiary/aromatic N) is 1. The van der Waals surface area contributed by atoms with Crippen LogP contribution in [0.1, 0.15) is 34.8 Å². The van der Waals surface area contributed by atoms with Crippen molar-refractivity contribution in [1.82, 2.24) is 10.3 Å². The van der Waals surface area contributed by atoms with E-state index < -0.39 is 0 Å². The van der Waals surface area contributed by atoms with Gasteiger partial charge >= 0.3 is 0 Å². The molecule has 1 heterocycles. The second-order valence-electron chi connectivity index (χ2n) is 6.33. The highest BCUT2D eigenvalue weighted by Gasteiger charge is 2.10. The molecular formula is C21H23BrN2O2S. The lowest BCUT2D eigenvalue weighted by Gasteiger charge is -2.15. The third-order valence-electron chi connectivity index (χ3n) is 4.25. The van der Waals surface area contributed by atoms with Crippen LogP contribution in [0.25, 0.3) is 0 Å².